The summed E-state index contributed by atoms with van der Waals surface area (Å²) in [7, 11) is -3.63. The maximum absolute atomic E-state index is 12.4. The fourth-order valence-electron chi connectivity index (χ4n) is 2.18. The molecule has 0 unspecified atom stereocenters. The van der Waals surface area contributed by atoms with Gasteiger partial charge in [-0.1, -0.05) is 48.5 Å². The van der Waals surface area contributed by atoms with Crippen LogP contribution in [0.4, 0.5) is 0 Å². The van der Waals surface area contributed by atoms with Gasteiger partial charge >= 0.3 is 0 Å². The molecule has 0 aliphatic carbocycles. The highest BCUT2D eigenvalue weighted by Crippen LogP contribution is 2.17. The minimum atomic E-state index is -3.63. The molecule has 0 saturated carbocycles. The summed E-state index contributed by atoms with van der Waals surface area (Å²) >= 11 is 0. The van der Waals surface area contributed by atoms with Gasteiger partial charge in [-0.2, -0.15) is 0 Å². The second kappa shape index (κ2) is 6.93. The van der Waals surface area contributed by atoms with Crippen LogP contribution in [0, 0.1) is 6.92 Å². The van der Waals surface area contributed by atoms with E-state index in [1.165, 1.54) is 43.3 Å². The Kier molecular flexibility index (Phi) is 5.14. The average molecular weight is 342 g/mol. The maximum Gasteiger partial charge on any atom is 0.189 e. The van der Waals surface area contributed by atoms with Crippen molar-refractivity contribution in [2.75, 3.05) is 5.75 Å². The molecular formula is C19H18O4S. The topological polar surface area (TPSA) is 68.3 Å². The molecular weight excluding hydrogens is 324 g/mol. The summed E-state index contributed by atoms with van der Waals surface area (Å²) in [5.74, 6) is -0.987. The highest BCUT2D eigenvalue weighted by molar-refractivity contribution is 7.91. The van der Waals surface area contributed by atoms with Gasteiger partial charge in [-0.25, -0.2) is 8.42 Å². The van der Waals surface area contributed by atoms with Crippen molar-refractivity contribution < 1.29 is 18.0 Å². The zero-order valence-corrected chi connectivity index (χ0v) is 14.4. The van der Waals surface area contributed by atoms with Crippen molar-refractivity contribution in [1.82, 2.24) is 0 Å². The molecule has 5 heteroatoms. The molecule has 2 aromatic rings. The molecule has 2 aromatic carbocycles. The first-order valence-corrected chi connectivity index (χ1v) is 8.99. The SMILES string of the molecule is C=C(CS(=O)(=O)c1ccc(C)cc1)C(=O)c1ccc(C(C)=O)cc1. The van der Waals surface area contributed by atoms with E-state index in [1.54, 1.807) is 12.1 Å². The Hall–Kier alpha value is -2.53. The highest BCUT2D eigenvalue weighted by Gasteiger charge is 2.20. The Balaban J connectivity index is 2.17. The van der Waals surface area contributed by atoms with Gasteiger partial charge < -0.3 is 0 Å². The molecule has 0 aliphatic heterocycles. The number of benzene rings is 2. The molecule has 0 bridgehead atoms. The lowest BCUT2D eigenvalue weighted by molar-refractivity contribution is 0.101. The monoisotopic (exact) mass is 342 g/mol. The number of Topliss-reactive ketones (excluding diaryl/α,β-unsaturated/α-hetero) is 2. The molecule has 2 rings (SSSR count). The van der Waals surface area contributed by atoms with Crippen molar-refractivity contribution in [3.63, 3.8) is 0 Å². The third-order valence-electron chi connectivity index (χ3n) is 3.62. The summed E-state index contributed by atoms with van der Waals surface area (Å²) < 4.78 is 24.8. The van der Waals surface area contributed by atoms with Gasteiger partial charge in [0.1, 0.15) is 0 Å². The van der Waals surface area contributed by atoms with Gasteiger partial charge in [0.15, 0.2) is 21.4 Å². The van der Waals surface area contributed by atoms with Crippen LogP contribution in [-0.4, -0.2) is 25.7 Å². The number of carbonyl (C=O) groups excluding carboxylic acids is 2. The number of sulfone groups is 1. The van der Waals surface area contributed by atoms with E-state index >= 15 is 0 Å². The average Bonchev–Trinajstić information content (AvgIpc) is 2.54. The predicted molar refractivity (Wildman–Crippen MR) is 93.1 cm³/mol. The van der Waals surface area contributed by atoms with Crippen molar-refractivity contribution in [2.24, 2.45) is 0 Å². The molecule has 0 radical (unpaired) electrons. The molecule has 0 fully saturated rings. The van der Waals surface area contributed by atoms with Crippen molar-refractivity contribution >= 4 is 21.4 Å². The van der Waals surface area contributed by atoms with Crippen LogP contribution in [0.15, 0.2) is 65.6 Å². The van der Waals surface area contributed by atoms with E-state index < -0.39 is 21.4 Å². The number of ketones is 2. The zero-order chi connectivity index (χ0) is 17.9. The quantitative estimate of drug-likeness (QED) is 0.596. The van der Waals surface area contributed by atoms with E-state index in [2.05, 4.69) is 6.58 Å². The third kappa shape index (κ3) is 4.06. The third-order valence-corrected chi connectivity index (χ3v) is 5.34. The fraction of sp³-hybridized carbons (Fsp3) is 0.158. The maximum atomic E-state index is 12.4. The van der Waals surface area contributed by atoms with Crippen LogP contribution >= 0.6 is 0 Å². The molecule has 0 aliphatic rings. The summed E-state index contributed by atoms with van der Waals surface area (Å²) in [4.78, 5) is 23.7. The van der Waals surface area contributed by atoms with Gasteiger partial charge in [-0.3, -0.25) is 9.59 Å². The summed E-state index contributed by atoms with van der Waals surface area (Å²) in [5, 5.41) is 0. The minimum Gasteiger partial charge on any atom is -0.295 e. The Bertz CT molecular complexity index is 889. The number of carbonyl (C=O) groups is 2. The Morgan fingerprint density at radius 3 is 1.92 bits per heavy atom. The van der Waals surface area contributed by atoms with Gasteiger partial charge in [0.2, 0.25) is 0 Å². The minimum absolute atomic E-state index is 0.00819. The van der Waals surface area contributed by atoms with Gasteiger partial charge in [0, 0.05) is 16.7 Å². The zero-order valence-electron chi connectivity index (χ0n) is 13.6. The van der Waals surface area contributed by atoms with Crippen molar-refractivity contribution in [3.8, 4) is 0 Å². The summed E-state index contributed by atoms with van der Waals surface area (Å²) in [6.07, 6.45) is 0. The van der Waals surface area contributed by atoms with Crippen LogP contribution in [0.5, 0.6) is 0 Å². The molecule has 0 N–H and O–H groups in total. The number of hydrogen-bond donors (Lipinski definition) is 0. The van der Waals surface area contributed by atoms with E-state index in [4.69, 9.17) is 0 Å². The largest absolute Gasteiger partial charge is 0.295 e. The van der Waals surface area contributed by atoms with Crippen LogP contribution in [-0.2, 0) is 9.84 Å². The first-order chi connectivity index (χ1) is 11.2. The van der Waals surface area contributed by atoms with Crippen LogP contribution in [0.2, 0.25) is 0 Å². The first kappa shape index (κ1) is 17.8. The van der Waals surface area contributed by atoms with Crippen molar-refractivity contribution in [1.29, 1.82) is 0 Å². The van der Waals surface area contributed by atoms with E-state index in [0.717, 1.165) is 5.56 Å². The van der Waals surface area contributed by atoms with Crippen LogP contribution in [0.3, 0.4) is 0 Å². The Morgan fingerprint density at radius 1 is 0.917 bits per heavy atom. The number of rotatable bonds is 6. The second-order valence-corrected chi connectivity index (χ2v) is 7.63. The summed E-state index contributed by atoms with van der Waals surface area (Å²) in [5.41, 5.74) is 1.74. The molecule has 0 heterocycles. The molecule has 0 spiro atoms. The second-order valence-electron chi connectivity index (χ2n) is 5.64. The molecule has 4 nitrogen and oxygen atoms in total. The number of hydrogen-bond acceptors (Lipinski definition) is 4. The van der Waals surface area contributed by atoms with E-state index in [0.29, 0.717) is 11.1 Å². The van der Waals surface area contributed by atoms with Gasteiger partial charge in [0.05, 0.1) is 10.6 Å². The molecule has 0 saturated heterocycles. The molecule has 0 amide bonds. The lowest BCUT2D eigenvalue weighted by atomic mass is 10.0. The van der Waals surface area contributed by atoms with Crippen LogP contribution < -0.4 is 0 Å². The Labute approximate surface area is 141 Å². The smallest absolute Gasteiger partial charge is 0.189 e. The predicted octanol–water partition coefficient (Wildman–Crippen LogP) is 3.41. The van der Waals surface area contributed by atoms with Crippen LogP contribution in [0.25, 0.3) is 0 Å². The van der Waals surface area contributed by atoms with E-state index in [1.807, 2.05) is 6.92 Å². The Morgan fingerprint density at radius 2 is 1.42 bits per heavy atom. The van der Waals surface area contributed by atoms with Crippen molar-refractivity contribution in [2.45, 2.75) is 18.7 Å². The summed E-state index contributed by atoms with van der Waals surface area (Å²) in [6.45, 7) is 6.92. The standard InChI is InChI=1S/C19H18O4S/c1-13-4-10-18(11-5-13)24(22,23)12-14(2)19(21)17-8-6-16(7-9-17)15(3)20/h4-11H,2,12H2,1,3H3. The van der Waals surface area contributed by atoms with Gasteiger partial charge in [-0.05, 0) is 26.0 Å². The summed E-state index contributed by atoms with van der Waals surface area (Å²) in [6, 6.07) is 12.5. The molecule has 0 aromatic heterocycles. The fourth-order valence-corrected chi connectivity index (χ4v) is 3.49. The highest BCUT2D eigenvalue weighted by atomic mass is 32.2. The first-order valence-electron chi connectivity index (χ1n) is 7.33. The van der Waals surface area contributed by atoms with Gasteiger partial charge in [0.25, 0.3) is 0 Å². The van der Waals surface area contributed by atoms with E-state index in [9.17, 15) is 18.0 Å². The molecule has 0 atom stereocenters. The van der Waals surface area contributed by atoms with Crippen LogP contribution in [0.1, 0.15) is 33.2 Å². The van der Waals surface area contributed by atoms with E-state index in [-0.39, 0.29) is 16.3 Å². The lowest BCUT2D eigenvalue weighted by Gasteiger charge is -2.08. The normalized spacial score (nSPS) is 11.1. The molecule has 24 heavy (non-hydrogen) atoms. The lowest BCUT2D eigenvalue weighted by Crippen LogP contribution is -2.15. The molecule has 124 valence electrons. The number of aryl methyl sites for hydroxylation is 1. The van der Waals surface area contributed by atoms with Gasteiger partial charge in [-0.15, -0.1) is 0 Å². The van der Waals surface area contributed by atoms with Crippen molar-refractivity contribution in [3.05, 3.63) is 77.4 Å².